The summed E-state index contributed by atoms with van der Waals surface area (Å²) >= 11 is 0. The van der Waals surface area contributed by atoms with E-state index in [2.05, 4.69) is 10.6 Å². The minimum absolute atomic E-state index is 0.0578. The van der Waals surface area contributed by atoms with Gasteiger partial charge in [0, 0.05) is 23.9 Å². The number of esters is 1. The van der Waals surface area contributed by atoms with E-state index in [1.54, 1.807) is 48.5 Å². The van der Waals surface area contributed by atoms with Crippen LogP contribution in [-0.2, 0) is 4.79 Å². The van der Waals surface area contributed by atoms with E-state index in [1.807, 2.05) is 0 Å². The fourth-order valence-corrected chi connectivity index (χ4v) is 2.55. The standard InChI is InChI=1S/C22H17FN2O4/c1-14(26)29-18-6-4-5-15(13-18)21(27)24-16-9-11-17(12-10-16)25-22(28)19-7-2-3-8-20(19)23/h2-13H,1H3,(H,24,27)(H,25,28). The van der Waals surface area contributed by atoms with Crippen LogP contribution in [0.2, 0.25) is 0 Å². The number of hydrogen-bond donors (Lipinski definition) is 2. The SMILES string of the molecule is CC(=O)Oc1cccc(C(=O)Nc2ccc(NC(=O)c3ccccc3F)cc2)c1. The van der Waals surface area contributed by atoms with Gasteiger partial charge in [-0.05, 0) is 54.6 Å². The molecule has 0 bridgehead atoms. The van der Waals surface area contributed by atoms with Gasteiger partial charge in [0.15, 0.2) is 0 Å². The van der Waals surface area contributed by atoms with Gasteiger partial charge in [-0.2, -0.15) is 0 Å². The number of ether oxygens (including phenoxy) is 1. The first-order chi connectivity index (χ1) is 13.9. The molecule has 3 aromatic rings. The molecule has 0 aliphatic rings. The van der Waals surface area contributed by atoms with Crippen LogP contribution in [0.25, 0.3) is 0 Å². The fourth-order valence-electron chi connectivity index (χ4n) is 2.55. The number of hydrogen-bond acceptors (Lipinski definition) is 4. The Balaban J connectivity index is 1.65. The van der Waals surface area contributed by atoms with Crippen LogP contribution in [0.4, 0.5) is 15.8 Å². The second-order valence-electron chi connectivity index (χ2n) is 6.09. The van der Waals surface area contributed by atoms with Gasteiger partial charge in [-0.15, -0.1) is 0 Å². The van der Waals surface area contributed by atoms with Crippen molar-refractivity contribution in [1.29, 1.82) is 0 Å². The summed E-state index contributed by atoms with van der Waals surface area (Å²) in [4.78, 5) is 35.5. The lowest BCUT2D eigenvalue weighted by Gasteiger charge is -2.09. The number of anilines is 2. The van der Waals surface area contributed by atoms with E-state index in [9.17, 15) is 18.8 Å². The first kappa shape index (κ1) is 19.8. The van der Waals surface area contributed by atoms with Crippen molar-refractivity contribution in [2.75, 3.05) is 10.6 Å². The predicted octanol–water partition coefficient (Wildman–Crippen LogP) is 4.26. The van der Waals surface area contributed by atoms with Crippen LogP contribution >= 0.6 is 0 Å². The zero-order valence-corrected chi connectivity index (χ0v) is 15.4. The molecule has 6 nitrogen and oxygen atoms in total. The van der Waals surface area contributed by atoms with Crippen LogP contribution in [0, 0.1) is 5.82 Å². The van der Waals surface area contributed by atoms with Crippen molar-refractivity contribution >= 4 is 29.2 Å². The Labute approximate surface area is 166 Å². The molecule has 7 heteroatoms. The summed E-state index contributed by atoms with van der Waals surface area (Å²) in [7, 11) is 0. The minimum atomic E-state index is -0.607. The molecule has 0 radical (unpaired) electrons. The number of carbonyl (C=O) groups is 3. The highest BCUT2D eigenvalue weighted by Gasteiger charge is 2.12. The molecular formula is C22H17FN2O4. The lowest BCUT2D eigenvalue weighted by atomic mass is 10.2. The molecule has 146 valence electrons. The van der Waals surface area contributed by atoms with E-state index in [1.165, 1.54) is 31.2 Å². The number of benzene rings is 3. The third-order valence-corrected chi connectivity index (χ3v) is 3.88. The molecule has 0 aromatic heterocycles. The molecule has 3 rings (SSSR count). The van der Waals surface area contributed by atoms with Crippen LogP contribution < -0.4 is 15.4 Å². The Kier molecular flexibility index (Phi) is 5.99. The van der Waals surface area contributed by atoms with Crippen molar-refractivity contribution in [2.45, 2.75) is 6.92 Å². The average molecular weight is 392 g/mol. The quantitative estimate of drug-likeness (QED) is 0.502. The number of halogens is 1. The van der Waals surface area contributed by atoms with Gasteiger partial charge in [-0.1, -0.05) is 18.2 Å². The largest absolute Gasteiger partial charge is 0.427 e. The lowest BCUT2D eigenvalue weighted by Crippen LogP contribution is -2.14. The van der Waals surface area contributed by atoms with Crippen molar-refractivity contribution in [1.82, 2.24) is 0 Å². The molecule has 29 heavy (non-hydrogen) atoms. The normalized spacial score (nSPS) is 10.1. The molecule has 0 spiro atoms. The smallest absolute Gasteiger partial charge is 0.308 e. The Morgan fingerprint density at radius 3 is 2.03 bits per heavy atom. The molecule has 0 saturated heterocycles. The minimum Gasteiger partial charge on any atom is -0.427 e. The van der Waals surface area contributed by atoms with E-state index in [4.69, 9.17) is 4.74 Å². The molecular weight excluding hydrogens is 375 g/mol. The van der Waals surface area contributed by atoms with Gasteiger partial charge < -0.3 is 15.4 Å². The number of nitrogens with one attached hydrogen (secondary N) is 2. The summed E-state index contributed by atoms with van der Waals surface area (Å²) in [5.41, 5.74) is 1.21. The Morgan fingerprint density at radius 1 is 0.793 bits per heavy atom. The van der Waals surface area contributed by atoms with Crippen molar-refractivity contribution in [2.24, 2.45) is 0 Å². The molecule has 0 atom stereocenters. The molecule has 0 fully saturated rings. The summed E-state index contributed by atoms with van der Waals surface area (Å²) in [5.74, 6) is -1.76. The summed E-state index contributed by atoms with van der Waals surface area (Å²) < 4.78 is 18.6. The predicted molar refractivity (Wildman–Crippen MR) is 106 cm³/mol. The maximum atomic E-state index is 13.7. The molecule has 0 unspecified atom stereocenters. The summed E-state index contributed by atoms with van der Waals surface area (Å²) in [6, 6.07) is 18.3. The summed E-state index contributed by atoms with van der Waals surface area (Å²) in [5, 5.41) is 5.30. The monoisotopic (exact) mass is 392 g/mol. The highest BCUT2D eigenvalue weighted by atomic mass is 19.1. The number of amides is 2. The Bertz CT molecular complexity index is 1060. The lowest BCUT2D eigenvalue weighted by molar-refractivity contribution is -0.131. The number of carbonyl (C=O) groups excluding carboxylic acids is 3. The van der Waals surface area contributed by atoms with Gasteiger partial charge in [0.1, 0.15) is 11.6 Å². The maximum absolute atomic E-state index is 13.7. The molecule has 2 N–H and O–H groups in total. The van der Waals surface area contributed by atoms with E-state index in [0.717, 1.165) is 0 Å². The van der Waals surface area contributed by atoms with Crippen LogP contribution in [0.5, 0.6) is 5.75 Å². The Hall–Kier alpha value is -4.00. The van der Waals surface area contributed by atoms with Gasteiger partial charge in [-0.3, -0.25) is 14.4 Å². The second kappa shape index (κ2) is 8.79. The van der Waals surface area contributed by atoms with Gasteiger partial charge in [0.25, 0.3) is 11.8 Å². The van der Waals surface area contributed by atoms with Gasteiger partial charge in [-0.25, -0.2) is 4.39 Å². The van der Waals surface area contributed by atoms with Crippen LogP contribution in [0.15, 0.2) is 72.8 Å². The zero-order chi connectivity index (χ0) is 20.8. The third kappa shape index (κ3) is 5.26. The summed E-state index contributed by atoms with van der Waals surface area (Å²) in [6.45, 7) is 1.28. The average Bonchev–Trinajstić information content (AvgIpc) is 2.69. The Morgan fingerprint density at radius 2 is 1.41 bits per heavy atom. The maximum Gasteiger partial charge on any atom is 0.308 e. The van der Waals surface area contributed by atoms with Crippen molar-refractivity contribution < 1.29 is 23.5 Å². The molecule has 3 aromatic carbocycles. The first-order valence-corrected chi connectivity index (χ1v) is 8.68. The van der Waals surface area contributed by atoms with E-state index in [0.29, 0.717) is 16.9 Å². The second-order valence-corrected chi connectivity index (χ2v) is 6.09. The molecule has 0 aliphatic heterocycles. The van der Waals surface area contributed by atoms with E-state index >= 15 is 0 Å². The van der Waals surface area contributed by atoms with E-state index < -0.39 is 17.7 Å². The molecule has 0 aliphatic carbocycles. The highest BCUT2D eigenvalue weighted by molar-refractivity contribution is 6.06. The van der Waals surface area contributed by atoms with Crippen LogP contribution in [-0.4, -0.2) is 17.8 Å². The van der Waals surface area contributed by atoms with Gasteiger partial charge in [0.2, 0.25) is 0 Å². The van der Waals surface area contributed by atoms with Crippen molar-refractivity contribution in [3.8, 4) is 5.75 Å². The molecule has 0 saturated carbocycles. The number of rotatable bonds is 5. The fraction of sp³-hybridized carbons (Fsp3) is 0.0455. The molecule has 0 heterocycles. The first-order valence-electron chi connectivity index (χ1n) is 8.68. The summed E-state index contributed by atoms with van der Waals surface area (Å²) in [6.07, 6.45) is 0. The van der Waals surface area contributed by atoms with Crippen LogP contribution in [0.1, 0.15) is 27.6 Å². The third-order valence-electron chi connectivity index (χ3n) is 3.88. The van der Waals surface area contributed by atoms with E-state index in [-0.39, 0.29) is 17.2 Å². The van der Waals surface area contributed by atoms with Crippen molar-refractivity contribution in [3.63, 3.8) is 0 Å². The van der Waals surface area contributed by atoms with Gasteiger partial charge >= 0.3 is 5.97 Å². The van der Waals surface area contributed by atoms with Gasteiger partial charge in [0.05, 0.1) is 5.56 Å². The molecule has 2 amide bonds. The van der Waals surface area contributed by atoms with Crippen molar-refractivity contribution in [3.05, 3.63) is 89.7 Å². The van der Waals surface area contributed by atoms with Crippen LogP contribution in [0.3, 0.4) is 0 Å². The topological polar surface area (TPSA) is 84.5 Å². The highest BCUT2D eigenvalue weighted by Crippen LogP contribution is 2.18. The zero-order valence-electron chi connectivity index (χ0n) is 15.4.